The van der Waals surface area contributed by atoms with Crippen molar-refractivity contribution >= 4 is 28.7 Å². The molecule has 0 saturated heterocycles. The number of hydrogen-bond acceptors (Lipinski definition) is 3. The Morgan fingerprint density at radius 1 is 1.14 bits per heavy atom. The van der Waals surface area contributed by atoms with Crippen LogP contribution in [-0.4, -0.2) is 11.9 Å². The third-order valence-electron chi connectivity index (χ3n) is 3.36. The number of halogens is 5. The van der Waals surface area contributed by atoms with Crippen LogP contribution in [-0.2, 0) is 6.18 Å². The molecule has 0 aliphatic carbocycles. The molecule has 0 aromatic heterocycles. The molecule has 0 radical (unpaired) electrons. The number of anilines is 3. The Balaban J connectivity index is 2.12. The topological polar surface area (TPSA) is 26.7 Å². The fourth-order valence-electron chi connectivity index (χ4n) is 2.40. The van der Waals surface area contributed by atoms with Gasteiger partial charge in [-0.2, -0.15) is 13.2 Å². The van der Waals surface area contributed by atoms with Crippen LogP contribution in [0.15, 0.2) is 36.4 Å². The summed E-state index contributed by atoms with van der Waals surface area (Å²) in [5, 5.41) is 10.2. The van der Waals surface area contributed by atoms with E-state index in [4.69, 9.17) is 11.6 Å². The predicted molar refractivity (Wildman–Crippen MR) is 74.1 cm³/mol. The van der Waals surface area contributed by atoms with E-state index in [9.17, 15) is 22.8 Å². The quantitative estimate of drug-likeness (QED) is 0.760. The van der Waals surface area contributed by atoms with E-state index in [-0.39, 0.29) is 23.1 Å². The zero-order chi connectivity index (χ0) is 16.1. The minimum atomic E-state index is -4.59. The summed E-state index contributed by atoms with van der Waals surface area (Å²) in [5.41, 5.74) is -0.734. The number of rotatable bonds is 1. The second kappa shape index (κ2) is 5.03. The van der Waals surface area contributed by atoms with E-state index in [2.05, 4.69) is 0 Å². The second-order valence-corrected chi connectivity index (χ2v) is 5.15. The van der Waals surface area contributed by atoms with Crippen LogP contribution in [0.5, 0.6) is 0 Å². The van der Waals surface area contributed by atoms with E-state index in [0.29, 0.717) is 10.8 Å². The molecule has 0 amide bonds. The van der Waals surface area contributed by atoms with Crippen molar-refractivity contribution < 1.29 is 22.8 Å². The summed E-state index contributed by atoms with van der Waals surface area (Å²) in [7, 11) is 0. The van der Waals surface area contributed by atoms with Crippen LogP contribution in [0.3, 0.4) is 0 Å². The summed E-state index contributed by atoms with van der Waals surface area (Å²) in [4.78, 5) is 1.41. The van der Waals surface area contributed by atoms with E-state index in [1.807, 2.05) is 0 Å². The van der Waals surface area contributed by atoms with E-state index in [1.165, 1.54) is 29.2 Å². The number of hydroxylamine groups is 1. The van der Waals surface area contributed by atoms with Gasteiger partial charge < -0.3 is 4.90 Å². The van der Waals surface area contributed by atoms with Gasteiger partial charge in [0.05, 0.1) is 16.3 Å². The van der Waals surface area contributed by atoms with Gasteiger partial charge in [0, 0.05) is 5.69 Å². The van der Waals surface area contributed by atoms with Gasteiger partial charge in [-0.15, -0.1) is 0 Å². The van der Waals surface area contributed by atoms with Crippen molar-refractivity contribution in [3.63, 3.8) is 0 Å². The first-order valence-electron chi connectivity index (χ1n) is 6.18. The van der Waals surface area contributed by atoms with Crippen molar-refractivity contribution in [3.8, 4) is 0 Å². The molecule has 2 aromatic rings. The second-order valence-electron chi connectivity index (χ2n) is 4.74. The Bertz CT molecular complexity index is 735. The maximum atomic E-state index is 13.2. The van der Waals surface area contributed by atoms with Crippen LogP contribution < -0.4 is 9.96 Å². The molecular weight excluding hydrogens is 324 g/mol. The third-order valence-corrected chi connectivity index (χ3v) is 3.65. The molecule has 0 unspecified atom stereocenters. The minimum Gasteiger partial charge on any atom is -0.319 e. The lowest BCUT2D eigenvalue weighted by atomic mass is 10.1. The van der Waals surface area contributed by atoms with Gasteiger partial charge in [0.25, 0.3) is 0 Å². The fourth-order valence-corrected chi connectivity index (χ4v) is 2.58. The van der Waals surface area contributed by atoms with E-state index < -0.39 is 17.6 Å². The molecule has 0 saturated carbocycles. The summed E-state index contributed by atoms with van der Waals surface area (Å²) in [6, 6.07) is 7.37. The largest absolute Gasteiger partial charge is 0.418 e. The maximum Gasteiger partial charge on any atom is 0.418 e. The van der Waals surface area contributed by atoms with Crippen molar-refractivity contribution in [2.45, 2.75) is 6.18 Å². The number of fused-ring (bicyclic) bond motifs is 1. The minimum absolute atomic E-state index is 0.151. The first kappa shape index (κ1) is 14.9. The Morgan fingerprint density at radius 3 is 2.50 bits per heavy atom. The highest BCUT2D eigenvalue weighted by molar-refractivity contribution is 6.31. The lowest BCUT2D eigenvalue weighted by Crippen LogP contribution is -2.25. The van der Waals surface area contributed by atoms with Crippen LogP contribution in [0.4, 0.5) is 34.6 Å². The van der Waals surface area contributed by atoms with Gasteiger partial charge in [-0.25, -0.2) is 9.45 Å². The van der Waals surface area contributed by atoms with Gasteiger partial charge in [0.2, 0.25) is 0 Å². The van der Waals surface area contributed by atoms with Gasteiger partial charge in [0.1, 0.15) is 18.2 Å². The van der Waals surface area contributed by atoms with E-state index in [1.54, 1.807) is 0 Å². The highest BCUT2D eigenvalue weighted by Gasteiger charge is 2.40. The van der Waals surface area contributed by atoms with Crippen molar-refractivity contribution in [3.05, 3.63) is 52.8 Å². The molecule has 1 aliphatic rings. The molecule has 1 heterocycles. The van der Waals surface area contributed by atoms with Crippen LogP contribution in [0, 0.1) is 5.82 Å². The van der Waals surface area contributed by atoms with Crippen molar-refractivity contribution in [1.29, 1.82) is 0 Å². The molecule has 0 fully saturated rings. The van der Waals surface area contributed by atoms with Crippen LogP contribution in [0.2, 0.25) is 5.02 Å². The lowest BCUT2D eigenvalue weighted by molar-refractivity contribution is -0.137. The van der Waals surface area contributed by atoms with Gasteiger partial charge in [-0.3, -0.25) is 5.21 Å². The summed E-state index contributed by atoms with van der Waals surface area (Å²) >= 11 is 5.70. The number of benzene rings is 2. The molecule has 2 aromatic carbocycles. The number of para-hydroxylation sites is 1. The van der Waals surface area contributed by atoms with Crippen molar-refractivity contribution in [2.24, 2.45) is 0 Å². The Labute approximate surface area is 127 Å². The lowest BCUT2D eigenvalue weighted by Gasteiger charge is -2.19. The molecule has 1 aliphatic heterocycles. The molecular formula is C14H9ClF4N2O. The number of hydrogen-bond donors (Lipinski definition) is 1. The van der Waals surface area contributed by atoms with Crippen LogP contribution in [0.25, 0.3) is 0 Å². The first-order chi connectivity index (χ1) is 10.3. The number of nitrogens with zero attached hydrogens (tertiary/aromatic N) is 2. The summed E-state index contributed by atoms with van der Waals surface area (Å²) in [6.07, 6.45) is -4.59. The monoisotopic (exact) mass is 332 g/mol. The Morgan fingerprint density at radius 2 is 1.86 bits per heavy atom. The predicted octanol–water partition coefficient (Wildman–Crippen LogP) is 4.80. The Kier molecular flexibility index (Phi) is 3.41. The smallest absolute Gasteiger partial charge is 0.319 e. The Hall–Kier alpha value is -1.99. The summed E-state index contributed by atoms with van der Waals surface area (Å²) in [6.45, 7) is -0.218. The van der Waals surface area contributed by atoms with E-state index in [0.717, 1.165) is 12.1 Å². The fraction of sp³-hybridized carbons (Fsp3) is 0.143. The molecule has 0 spiro atoms. The van der Waals surface area contributed by atoms with Crippen molar-refractivity contribution in [2.75, 3.05) is 16.6 Å². The highest BCUT2D eigenvalue weighted by Crippen LogP contribution is 2.47. The third kappa shape index (κ3) is 2.36. The summed E-state index contributed by atoms with van der Waals surface area (Å²) in [5.74, 6) is -0.630. The number of alkyl halides is 3. The van der Waals surface area contributed by atoms with Gasteiger partial charge in [0.15, 0.2) is 0 Å². The SMILES string of the molecule is ON1CN(c2ccc(F)c(Cl)c2)c2cccc(C(F)(F)F)c21. The molecule has 1 N–H and O–H groups in total. The highest BCUT2D eigenvalue weighted by atomic mass is 35.5. The standard InChI is InChI=1S/C14H9ClF4N2O/c15-10-6-8(4-5-11(10)16)20-7-21(22)13-9(14(17,18)19)2-1-3-12(13)20/h1-6,22H,7H2. The molecule has 0 atom stereocenters. The van der Waals surface area contributed by atoms with Gasteiger partial charge >= 0.3 is 6.18 Å². The summed E-state index contributed by atoms with van der Waals surface area (Å²) < 4.78 is 52.3. The van der Waals surface area contributed by atoms with Gasteiger partial charge in [-0.05, 0) is 30.3 Å². The zero-order valence-corrected chi connectivity index (χ0v) is 11.7. The molecule has 0 bridgehead atoms. The van der Waals surface area contributed by atoms with E-state index >= 15 is 0 Å². The molecule has 8 heteroatoms. The normalized spacial score (nSPS) is 14.5. The van der Waals surface area contributed by atoms with Crippen LogP contribution in [0.1, 0.15) is 5.56 Å². The average Bonchev–Trinajstić information content (AvgIpc) is 2.78. The molecule has 116 valence electrons. The van der Waals surface area contributed by atoms with Crippen LogP contribution >= 0.6 is 11.6 Å². The first-order valence-corrected chi connectivity index (χ1v) is 6.56. The zero-order valence-electron chi connectivity index (χ0n) is 10.9. The van der Waals surface area contributed by atoms with Gasteiger partial charge in [-0.1, -0.05) is 17.7 Å². The van der Waals surface area contributed by atoms with Crippen molar-refractivity contribution in [1.82, 2.24) is 0 Å². The molecule has 3 nitrogen and oxygen atoms in total. The maximum absolute atomic E-state index is 13.2. The molecule has 22 heavy (non-hydrogen) atoms. The molecule has 3 rings (SSSR count). The average molecular weight is 333 g/mol.